The molecule has 1 unspecified atom stereocenters. The minimum absolute atomic E-state index is 0.0647. The molecule has 3 rings (SSSR count). The van der Waals surface area contributed by atoms with Gasteiger partial charge in [-0.15, -0.1) is 0 Å². The number of methoxy groups -OCH3 is 2. The van der Waals surface area contributed by atoms with Crippen LogP contribution in [0.1, 0.15) is 6.42 Å². The molecule has 1 N–H and O–H groups in total. The van der Waals surface area contributed by atoms with Gasteiger partial charge in [-0.25, -0.2) is 4.39 Å². The Morgan fingerprint density at radius 1 is 1.15 bits per heavy atom. The lowest BCUT2D eigenvalue weighted by Gasteiger charge is -2.18. The minimum Gasteiger partial charge on any atom is -0.493 e. The van der Waals surface area contributed by atoms with Gasteiger partial charge in [0.05, 0.1) is 19.9 Å². The van der Waals surface area contributed by atoms with Crippen molar-refractivity contribution in [1.82, 2.24) is 0 Å². The van der Waals surface area contributed by atoms with Crippen LogP contribution in [0.25, 0.3) is 0 Å². The van der Waals surface area contributed by atoms with Gasteiger partial charge in [-0.2, -0.15) is 0 Å². The van der Waals surface area contributed by atoms with Gasteiger partial charge in [-0.05, 0) is 30.7 Å². The molecular formula is C19H19FN2O4. The van der Waals surface area contributed by atoms with Crippen LogP contribution in [-0.2, 0) is 9.59 Å². The number of para-hydroxylation sites is 1. The quantitative estimate of drug-likeness (QED) is 0.835. The first-order valence-corrected chi connectivity index (χ1v) is 8.14. The largest absolute Gasteiger partial charge is 0.493 e. The van der Waals surface area contributed by atoms with E-state index in [9.17, 15) is 14.0 Å². The molecule has 26 heavy (non-hydrogen) atoms. The molecule has 6 nitrogen and oxygen atoms in total. The average Bonchev–Trinajstić information content (AvgIpc) is 3.04. The minimum atomic E-state index is -0.859. The highest BCUT2D eigenvalue weighted by molar-refractivity contribution is 6.13. The molecule has 0 spiro atoms. The molecule has 1 fully saturated rings. The molecule has 2 amide bonds. The number of hydrogen-bond donors (Lipinski definition) is 1. The number of ether oxygens (including phenoxy) is 2. The van der Waals surface area contributed by atoms with E-state index in [2.05, 4.69) is 5.32 Å². The van der Waals surface area contributed by atoms with Gasteiger partial charge in [-0.3, -0.25) is 9.59 Å². The van der Waals surface area contributed by atoms with Crippen LogP contribution < -0.4 is 19.7 Å². The summed E-state index contributed by atoms with van der Waals surface area (Å²) in [4.78, 5) is 26.6. The molecule has 0 aromatic heterocycles. The highest BCUT2D eigenvalue weighted by atomic mass is 19.1. The molecular weight excluding hydrogens is 339 g/mol. The first-order valence-electron chi connectivity index (χ1n) is 8.14. The van der Waals surface area contributed by atoms with Crippen molar-refractivity contribution in [3.63, 3.8) is 0 Å². The zero-order valence-electron chi connectivity index (χ0n) is 14.5. The lowest BCUT2D eigenvalue weighted by atomic mass is 10.1. The zero-order valence-corrected chi connectivity index (χ0v) is 14.5. The predicted octanol–water partition coefficient (Wildman–Crippen LogP) is 2.83. The number of amides is 2. The summed E-state index contributed by atoms with van der Waals surface area (Å²) in [5.74, 6) is -1.19. The SMILES string of the molecule is COc1ccc(N2CCC(C(=O)Nc3ccccc3F)C2=O)cc1OC. The molecule has 2 aromatic carbocycles. The van der Waals surface area contributed by atoms with Crippen molar-refractivity contribution < 1.29 is 23.5 Å². The summed E-state index contributed by atoms with van der Waals surface area (Å²) in [7, 11) is 3.04. The maximum Gasteiger partial charge on any atom is 0.239 e. The Hall–Kier alpha value is -3.09. The maximum absolute atomic E-state index is 13.7. The lowest BCUT2D eigenvalue weighted by molar-refractivity contribution is -0.129. The number of benzene rings is 2. The summed E-state index contributed by atoms with van der Waals surface area (Å²) in [6, 6.07) is 11.0. The third-order valence-electron chi connectivity index (χ3n) is 4.33. The van der Waals surface area contributed by atoms with Crippen LogP contribution in [0.3, 0.4) is 0 Å². The molecule has 0 radical (unpaired) electrons. The third kappa shape index (κ3) is 3.33. The summed E-state index contributed by atoms with van der Waals surface area (Å²) in [6.07, 6.45) is 0.355. The Bertz CT molecular complexity index is 840. The second-order valence-corrected chi connectivity index (χ2v) is 5.84. The van der Waals surface area contributed by atoms with Crippen LogP contribution in [0.15, 0.2) is 42.5 Å². The van der Waals surface area contributed by atoms with Gasteiger partial charge in [-0.1, -0.05) is 12.1 Å². The number of nitrogens with one attached hydrogen (secondary N) is 1. The van der Waals surface area contributed by atoms with E-state index in [1.165, 1.54) is 37.3 Å². The first kappa shape index (κ1) is 17.7. The van der Waals surface area contributed by atoms with E-state index in [4.69, 9.17) is 9.47 Å². The maximum atomic E-state index is 13.7. The summed E-state index contributed by atoms with van der Waals surface area (Å²) in [6.45, 7) is 0.393. The second kappa shape index (κ2) is 7.43. The van der Waals surface area contributed by atoms with E-state index < -0.39 is 17.6 Å². The molecule has 2 aromatic rings. The fourth-order valence-corrected chi connectivity index (χ4v) is 2.95. The lowest BCUT2D eigenvalue weighted by Crippen LogP contribution is -2.33. The van der Waals surface area contributed by atoms with E-state index >= 15 is 0 Å². The van der Waals surface area contributed by atoms with Crippen molar-refractivity contribution in [2.24, 2.45) is 5.92 Å². The number of halogens is 1. The Kier molecular flexibility index (Phi) is 5.06. The van der Waals surface area contributed by atoms with E-state index in [-0.39, 0.29) is 11.6 Å². The topological polar surface area (TPSA) is 67.9 Å². The zero-order chi connectivity index (χ0) is 18.7. The van der Waals surface area contributed by atoms with Crippen LogP contribution in [-0.4, -0.2) is 32.6 Å². The van der Waals surface area contributed by atoms with Gasteiger partial charge in [0.15, 0.2) is 11.5 Å². The summed E-state index contributed by atoms with van der Waals surface area (Å²) in [5.41, 5.74) is 0.684. The Morgan fingerprint density at radius 2 is 1.88 bits per heavy atom. The van der Waals surface area contributed by atoms with Gasteiger partial charge in [0.2, 0.25) is 11.8 Å². The van der Waals surface area contributed by atoms with Crippen molar-refractivity contribution in [2.75, 3.05) is 31.0 Å². The highest BCUT2D eigenvalue weighted by Gasteiger charge is 2.38. The number of rotatable bonds is 5. The van der Waals surface area contributed by atoms with Crippen LogP contribution in [0.4, 0.5) is 15.8 Å². The molecule has 0 aliphatic carbocycles. The Morgan fingerprint density at radius 3 is 2.58 bits per heavy atom. The number of carbonyl (C=O) groups excluding carboxylic acids is 2. The number of hydrogen-bond acceptors (Lipinski definition) is 4. The van der Waals surface area contributed by atoms with Crippen molar-refractivity contribution in [3.05, 3.63) is 48.3 Å². The molecule has 7 heteroatoms. The van der Waals surface area contributed by atoms with Crippen molar-refractivity contribution >= 4 is 23.2 Å². The molecule has 0 bridgehead atoms. The standard InChI is InChI=1S/C19H19FN2O4/c1-25-16-8-7-12(11-17(16)26-2)22-10-9-13(19(22)24)18(23)21-15-6-4-3-5-14(15)20/h3-8,11,13H,9-10H2,1-2H3,(H,21,23). The number of carbonyl (C=O) groups is 2. The van der Waals surface area contributed by atoms with Gasteiger partial charge in [0, 0.05) is 18.3 Å². The number of nitrogens with zero attached hydrogens (tertiary/aromatic N) is 1. The van der Waals surface area contributed by atoms with Crippen LogP contribution >= 0.6 is 0 Å². The van der Waals surface area contributed by atoms with E-state index in [1.54, 1.807) is 24.3 Å². The van der Waals surface area contributed by atoms with E-state index in [0.717, 1.165) is 0 Å². The first-order chi connectivity index (χ1) is 12.5. The molecule has 1 aliphatic rings. The van der Waals surface area contributed by atoms with Crippen molar-refractivity contribution in [2.45, 2.75) is 6.42 Å². The van der Waals surface area contributed by atoms with Gasteiger partial charge < -0.3 is 19.7 Å². The monoisotopic (exact) mass is 358 g/mol. The molecule has 1 saturated heterocycles. The fourth-order valence-electron chi connectivity index (χ4n) is 2.95. The molecule has 1 heterocycles. The Balaban J connectivity index is 1.75. The van der Waals surface area contributed by atoms with Gasteiger partial charge >= 0.3 is 0 Å². The average molecular weight is 358 g/mol. The highest BCUT2D eigenvalue weighted by Crippen LogP contribution is 2.34. The van der Waals surface area contributed by atoms with Crippen molar-refractivity contribution in [3.8, 4) is 11.5 Å². The van der Waals surface area contributed by atoms with Crippen LogP contribution in [0.5, 0.6) is 11.5 Å². The summed E-state index contributed by atoms with van der Waals surface area (Å²) in [5, 5.41) is 2.49. The van der Waals surface area contributed by atoms with Crippen molar-refractivity contribution in [1.29, 1.82) is 0 Å². The predicted molar refractivity (Wildman–Crippen MR) is 95.0 cm³/mol. The van der Waals surface area contributed by atoms with E-state index in [0.29, 0.717) is 30.2 Å². The van der Waals surface area contributed by atoms with E-state index in [1.807, 2.05) is 0 Å². The molecule has 1 aliphatic heterocycles. The van der Waals surface area contributed by atoms with Crippen LogP contribution in [0, 0.1) is 11.7 Å². The third-order valence-corrected chi connectivity index (χ3v) is 4.33. The van der Waals surface area contributed by atoms with Gasteiger partial charge in [0.1, 0.15) is 11.7 Å². The fraction of sp³-hybridized carbons (Fsp3) is 0.263. The normalized spacial score (nSPS) is 16.5. The summed E-state index contributed by atoms with van der Waals surface area (Å²) < 4.78 is 24.1. The number of anilines is 2. The van der Waals surface area contributed by atoms with Crippen LogP contribution in [0.2, 0.25) is 0 Å². The molecule has 0 saturated carbocycles. The molecule has 1 atom stereocenters. The molecule has 136 valence electrons. The summed E-state index contributed by atoms with van der Waals surface area (Å²) >= 11 is 0. The van der Waals surface area contributed by atoms with Gasteiger partial charge in [0.25, 0.3) is 0 Å². The second-order valence-electron chi connectivity index (χ2n) is 5.84. The smallest absolute Gasteiger partial charge is 0.239 e. The Labute approximate surface area is 150 Å².